The molecule has 0 aliphatic carbocycles. The summed E-state index contributed by atoms with van der Waals surface area (Å²) in [6, 6.07) is 6.09. The van der Waals surface area contributed by atoms with Gasteiger partial charge in [0, 0.05) is 5.56 Å². The Morgan fingerprint density at radius 2 is 1.82 bits per heavy atom. The standard InChI is InChI=1S/C15H24O2/c1-5-11-8-9-14(17-4)13(10-11)15(16)12(6-2)7-3/h8-10,12,15-16H,5-7H2,1-4H3. The molecular weight excluding hydrogens is 212 g/mol. The Morgan fingerprint density at radius 1 is 1.18 bits per heavy atom. The van der Waals surface area contributed by atoms with Gasteiger partial charge in [-0.3, -0.25) is 0 Å². The Balaban J connectivity index is 3.08. The lowest BCUT2D eigenvalue weighted by Crippen LogP contribution is -2.12. The second-order valence-electron chi connectivity index (χ2n) is 4.45. The summed E-state index contributed by atoms with van der Waals surface area (Å²) < 4.78 is 5.35. The van der Waals surface area contributed by atoms with E-state index < -0.39 is 6.10 Å². The van der Waals surface area contributed by atoms with Gasteiger partial charge in [-0.15, -0.1) is 0 Å². The van der Waals surface area contributed by atoms with Crippen molar-refractivity contribution in [2.24, 2.45) is 5.92 Å². The van der Waals surface area contributed by atoms with Crippen LogP contribution in [-0.2, 0) is 6.42 Å². The minimum Gasteiger partial charge on any atom is -0.496 e. The van der Waals surface area contributed by atoms with Crippen molar-refractivity contribution >= 4 is 0 Å². The third-order valence-corrected chi connectivity index (χ3v) is 3.52. The second-order valence-corrected chi connectivity index (χ2v) is 4.45. The van der Waals surface area contributed by atoms with Crippen molar-refractivity contribution in [3.05, 3.63) is 29.3 Å². The quantitative estimate of drug-likeness (QED) is 0.815. The first kappa shape index (κ1) is 14.0. The summed E-state index contributed by atoms with van der Waals surface area (Å²) in [4.78, 5) is 0. The van der Waals surface area contributed by atoms with Crippen LogP contribution in [0.15, 0.2) is 18.2 Å². The second kappa shape index (κ2) is 6.65. The van der Waals surface area contributed by atoms with Crippen molar-refractivity contribution in [2.75, 3.05) is 7.11 Å². The molecule has 0 fully saturated rings. The minimum atomic E-state index is -0.425. The normalized spacial score (nSPS) is 12.8. The maximum atomic E-state index is 10.4. The molecular formula is C15H24O2. The molecule has 0 amide bonds. The molecule has 96 valence electrons. The van der Waals surface area contributed by atoms with Gasteiger partial charge in [-0.25, -0.2) is 0 Å². The summed E-state index contributed by atoms with van der Waals surface area (Å²) in [7, 11) is 1.66. The van der Waals surface area contributed by atoms with E-state index in [2.05, 4.69) is 32.9 Å². The van der Waals surface area contributed by atoms with Gasteiger partial charge in [0.25, 0.3) is 0 Å². The van der Waals surface area contributed by atoms with Crippen molar-refractivity contribution in [1.82, 2.24) is 0 Å². The zero-order chi connectivity index (χ0) is 12.8. The monoisotopic (exact) mass is 236 g/mol. The number of benzene rings is 1. The highest BCUT2D eigenvalue weighted by molar-refractivity contribution is 5.39. The molecule has 1 rings (SSSR count). The molecule has 0 radical (unpaired) electrons. The molecule has 1 N–H and O–H groups in total. The zero-order valence-electron chi connectivity index (χ0n) is 11.4. The fourth-order valence-electron chi connectivity index (χ4n) is 2.22. The maximum Gasteiger partial charge on any atom is 0.124 e. The number of aliphatic hydroxyl groups excluding tert-OH is 1. The van der Waals surface area contributed by atoms with E-state index in [1.54, 1.807) is 7.11 Å². The number of methoxy groups -OCH3 is 1. The smallest absolute Gasteiger partial charge is 0.124 e. The van der Waals surface area contributed by atoms with Gasteiger partial charge in [-0.1, -0.05) is 39.7 Å². The van der Waals surface area contributed by atoms with Gasteiger partial charge >= 0.3 is 0 Å². The molecule has 0 spiro atoms. The Morgan fingerprint density at radius 3 is 2.29 bits per heavy atom. The van der Waals surface area contributed by atoms with Crippen LogP contribution >= 0.6 is 0 Å². The van der Waals surface area contributed by atoms with Crippen molar-refractivity contribution < 1.29 is 9.84 Å². The molecule has 17 heavy (non-hydrogen) atoms. The number of aliphatic hydroxyl groups is 1. The van der Waals surface area contributed by atoms with Crippen LogP contribution in [0.25, 0.3) is 0 Å². The highest BCUT2D eigenvalue weighted by Crippen LogP contribution is 2.33. The Labute approximate surface area is 105 Å². The van der Waals surface area contributed by atoms with Crippen LogP contribution in [0.5, 0.6) is 5.75 Å². The van der Waals surface area contributed by atoms with E-state index in [-0.39, 0.29) is 0 Å². The number of aryl methyl sites for hydroxylation is 1. The molecule has 2 heteroatoms. The first-order valence-corrected chi connectivity index (χ1v) is 6.52. The Hall–Kier alpha value is -1.02. The lowest BCUT2D eigenvalue weighted by atomic mass is 9.90. The maximum absolute atomic E-state index is 10.4. The molecule has 1 aromatic rings. The lowest BCUT2D eigenvalue weighted by molar-refractivity contribution is 0.100. The number of hydrogen-bond acceptors (Lipinski definition) is 2. The van der Waals surface area contributed by atoms with Crippen LogP contribution in [0.4, 0.5) is 0 Å². The Bertz CT molecular complexity index is 343. The molecule has 0 aromatic heterocycles. The van der Waals surface area contributed by atoms with Crippen molar-refractivity contribution in [2.45, 2.75) is 46.1 Å². The number of hydrogen-bond donors (Lipinski definition) is 1. The van der Waals surface area contributed by atoms with Crippen LogP contribution in [0, 0.1) is 5.92 Å². The van der Waals surface area contributed by atoms with Crippen molar-refractivity contribution in [3.63, 3.8) is 0 Å². The van der Waals surface area contributed by atoms with Crippen LogP contribution in [0.2, 0.25) is 0 Å². The molecule has 0 bridgehead atoms. The molecule has 1 atom stereocenters. The molecule has 0 aliphatic rings. The van der Waals surface area contributed by atoms with Gasteiger partial charge in [0.15, 0.2) is 0 Å². The molecule has 1 aromatic carbocycles. The average molecular weight is 236 g/mol. The number of rotatable bonds is 6. The van der Waals surface area contributed by atoms with Crippen LogP contribution in [-0.4, -0.2) is 12.2 Å². The van der Waals surface area contributed by atoms with Gasteiger partial charge in [-0.2, -0.15) is 0 Å². The molecule has 0 saturated heterocycles. The highest BCUT2D eigenvalue weighted by atomic mass is 16.5. The van der Waals surface area contributed by atoms with Gasteiger partial charge in [0.2, 0.25) is 0 Å². The predicted octanol–water partition coefficient (Wildman–Crippen LogP) is 3.73. The molecule has 2 nitrogen and oxygen atoms in total. The summed E-state index contributed by atoms with van der Waals surface area (Å²) >= 11 is 0. The summed E-state index contributed by atoms with van der Waals surface area (Å²) in [6.07, 6.45) is 2.52. The fraction of sp³-hybridized carbons (Fsp3) is 0.600. The molecule has 0 saturated carbocycles. The first-order valence-electron chi connectivity index (χ1n) is 6.52. The fourth-order valence-corrected chi connectivity index (χ4v) is 2.22. The predicted molar refractivity (Wildman–Crippen MR) is 71.4 cm³/mol. The molecule has 0 aliphatic heterocycles. The van der Waals surface area contributed by atoms with Crippen LogP contribution < -0.4 is 4.74 Å². The first-order chi connectivity index (χ1) is 8.17. The summed E-state index contributed by atoms with van der Waals surface area (Å²) in [5.74, 6) is 1.10. The third kappa shape index (κ3) is 3.22. The zero-order valence-corrected chi connectivity index (χ0v) is 11.4. The third-order valence-electron chi connectivity index (χ3n) is 3.52. The van der Waals surface area contributed by atoms with Crippen LogP contribution in [0.1, 0.15) is 50.8 Å². The Kier molecular flexibility index (Phi) is 5.49. The minimum absolute atomic E-state index is 0.302. The van der Waals surface area contributed by atoms with Gasteiger partial charge in [-0.05, 0) is 30.0 Å². The topological polar surface area (TPSA) is 29.5 Å². The van der Waals surface area contributed by atoms with E-state index in [9.17, 15) is 5.11 Å². The SMILES string of the molecule is CCc1ccc(OC)c(C(O)C(CC)CC)c1. The average Bonchev–Trinajstić information content (AvgIpc) is 2.39. The van der Waals surface area contributed by atoms with E-state index >= 15 is 0 Å². The van der Waals surface area contributed by atoms with Crippen molar-refractivity contribution in [3.8, 4) is 5.75 Å². The van der Waals surface area contributed by atoms with E-state index in [0.29, 0.717) is 5.92 Å². The van der Waals surface area contributed by atoms with Crippen molar-refractivity contribution in [1.29, 1.82) is 0 Å². The largest absolute Gasteiger partial charge is 0.496 e. The highest BCUT2D eigenvalue weighted by Gasteiger charge is 2.21. The van der Waals surface area contributed by atoms with Gasteiger partial charge < -0.3 is 9.84 Å². The molecule has 1 unspecified atom stereocenters. The van der Waals surface area contributed by atoms with E-state index in [1.165, 1.54) is 5.56 Å². The summed E-state index contributed by atoms with van der Waals surface area (Å²) in [5.41, 5.74) is 2.17. The molecule has 0 heterocycles. The van der Waals surface area contributed by atoms with E-state index in [1.807, 2.05) is 6.07 Å². The summed E-state index contributed by atoms with van der Waals surface area (Å²) in [6.45, 7) is 6.36. The van der Waals surface area contributed by atoms with Crippen LogP contribution in [0.3, 0.4) is 0 Å². The van der Waals surface area contributed by atoms with Gasteiger partial charge in [0.1, 0.15) is 5.75 Å². The van der Waals surface area contributed by atoms with E-state index in [0.717, 1.165) is 30.6 Å². The lowest BCUT2D eigenvalue weighted by Gasteiger charge is -2.22. The van der Waals surface area contributed by atoms with Gasteiger partial charge in [0.05, 0.1) is 13.2 Å². The van der Waals surface area contributed by atoms with E-state index in [4.69, 9.17) is 4.74 Å². The number of ether oxygens (including phenoxy) is 1. The summed E-state index contributed by atoms with van der Waals surface area (Å²) in [5, 5.41) is 10.4.